The summed E-state index contributed by atoms with van der Waals surface area (Å²) in [5.41, 5.74) is 1.35. The van der Waals surface area contributed by atoms with Gasteiger partial charge < -0.3 is 19.5 Å². The van der Waals surface area contributed by atoms with Crippen LogP contribution >= 0.6 is 0 Å². The Kier molecular flexibility index (Phi) is 4.10. The minimum atomic E-state index is -0.702. The van der Waals surface area contributed by atoms with Gasteiger partial charge in [0.05, 0.1) is 5.69 Å². The highest BCUT2D eigenvalue weighted by molar-refractivity contribution is 5.94. The summed E-state index contributed by atoms with van der Waals surface area (Å²) < 4.78 is 17.8. The van der Waals surface area contributed by atoms with Crippen molar-refractivity contribution in [2.45, 2.75) is 13.0 Å². The van der Waals surface area contributed by atoms with Gasteiger partial charge in [0.25, 0.3) is 5.91 Å². The topological polar surface area (TPSA) is 100 Å². The van der Waals surface area contributed by atoms with Gasteiger partial charge in [0.2, 0.25) is 6.79 Å². The monoisotopic (exact) mass is 353 g/mol. The molecule has 9 heteroatoms. The number of nitrogens with one attached hydrogen (secondary N) is 1. The number of carbonyl (C=O) groups excluding carboxylic acids is 1. The summed E-state index contributed by atoms with van der Waals surface area (Å²) in [6.07, 6.45) is 0.777. The first-order chi connectivity index (χ1) is 12.7. The van der Waals surface area contributed by atoms with Crippen LogP contribution in [0, 0.1) is 0 Å². The van der Waals surface area contributed by atoms with E-state index in [1.54, 1.807) is 43.3 Å². The summed E-state index contributed by atoms with van der Waals surface area (Å²) in [5, 5.41) is 13.8. The number of anilines is 1. The molecule has 9 nitrogen and oxygen atoms in total. The zero-order valence-corrected chi connectivity index (χ0v) is 13.8. The lowest BCUT2D eigenvalue weighted by molar-refractivity contribution is -0.122. The highest BCUT2D eigenvalue weighted by atomic mass is 16.7. The summed E-state index contributed by atoms with van der Waals surface area (Å²) in [6, 6.07) is 12.4. The normalized spacial score (nSPS) is 13.3. The third-order valence-corrected chi connectivity index (χ3v) is 3.75. The number of fused-ring (bicyclic) bond motifs is 1. The Morgan fingerprint density at radius 3 is 2.96 bits per heavy atom. The lowest BCUT2D eigenvalue weighted by Crippen LogP contribution is -2.30. The minimum absolute atomic E-state index is 0.187. The van der Waals surface area contributed by atoms with Crippen molar-refractivity contribution in [3.8, 4) is 22.9 Å². The zero-order valence-electron chi connectivity index (χ0n) is 13.8. The number of nitrogens with zero attached hydrogens (tertiary/aromatic N) is 4. The fourth-order valence-electron chi connectivity index (χ4n) is 2.46. The summed E-state index contributed by atoms with van der Waals surface area (Å²) in [5.74, 6) is 1.51. The maximum Gasteiger partial charge on any atom is 0.265 e. The number of benzene rings is 2. The first-order valence-corrected chi connectivity index (χ1v) is 7.89. The highest BCUT2D eigenvalue weighted by Gasteiger charge is 2.18. The number of carbonyl (C=O) groups is 1. The SMILES string of the molecule is CC(Oc1ccc2c(c1)OCO2)C(=O)Nc1cccc(-n2cnnn2)c1. The second-order valence-electron chi connectivity index (χ2n) is 5.57. The van der Waals surface area contributed by atoms with Gasteiger partial charge in [-0.15, -0.1) is 5.10 Å². The number of ether oxygens (including phenoxy) is 3. The van der Waals surface area contributed by atoms with Crippen LogP contribution in [-0.4, -0.2) is 39.0 Å². The van der Waals surface area contributed by atoms with E-state index in [0.717, 1.165) is 5.69 Å². The van der Waals surface area contributed by atoms with Crippen LogP contribution in [0.3, 0.4) is 0 Å². The summed E-state index contributed by atoms with van der Waals surface area (Å²) in [4.78, 5) is 12.4. The van der Waals surface area contributed by atoms with E-state index in [2.05, 4.69) is 20.8 Å². The molecule has 0 saturated carbocycles. The Balaban J connectivity index is 1.42. The van der Waals surface area contributed by atoms with Crippen molar-refractivity contribution < 1.29 is 19.0 Å². The maximum atomic E-state index is 12.4. The molecule has 1 atom stereocenters. The van der Waals surface area contributed by atoms with Crippen LogP contribution in [0.5, 0.6) is 17.2 Å². The average molecular weight is 353 g/mol. The molecule has 3 aromatic rings. The molecule has 1 amide bonds. The number of rotatable bonds is 5. The molecule has 1 aliphatic rings. The second kappa shape index (κ2) is 6.71. The van der Waals surface area contributed by atoms with Crippen LogP contribution in [0.4, 0.5) is 5.69 Å². The van der Waals surface area contributed by atoms with Crippen molar-refractivity contribution in [2.24, 2.45) is 0 Å². The third kappa shape index (κ3) is 3.27. The van der Waals surface area contributed by atoms with E-state index in [4.69, 9.17) is 14.2 Å². The Labute approximate surface area is 148 Å². The minimum Gasteiger partial charge on any atom is -0.481 e. The van der Waals surface area contributed by atoms with Gasteiger partial charge in [0.1, 0.15) is 12.1 Å². The molecule has 1 N–H and O–H groups in total. The second-order valence-corrected chi connectivity index (χ2v) is 5.57. The number of tetrazole rings is 1. The number of hydrogen-bond acceptors (Lipinski definition) is 7. The molecule has 1 aliphatic heterocycles. The summed E-state index contributed by atoms with van der Waals surface area (Å²) in [7, 11) is 0. The molecule has 1 unspecified atom stereocenters. The van der Waals surface area contributed by atoms with Gasteiger partial charge in [-0.3, -0.25) is 4.79 Å². The molecule has 1 aromatic heterocycles. The fourth-order valence-corrected chi connectivity index (χ4v) is 2.46. The average Bonchev–Trinajstić information content (AvgIpc) is 3.33. The van der Waals surface area contributed by atoms with E-state index >= 15 is 0 Å². The van der Waals surface area contributed by atoms with Crippen LogP contribution in [0.15, 0.2) is 48.8 Å². The first-order valence-electron chi connectivity index (χ1n) is 7.89. The van der Waals surface area contributed by atoms with E-state index in [9.17, 15) is 4.79 Å². The van der Waals surface area contributed by atoms with Gasteiger partial charge in [-0.1, -0.05) is 6.07 Å². The van der Waals surface area contributed by atoms with Gasteiger partial charge >= 0.3 is 0 Å². The molecule has 0 bridgehead atoms. The smallest absolute Gasteiger partial charge is 0.265 e. The Morgan fingerprint density at radius 1 is 1.23 bits per heavy atom. The molecule has 0 saturated heterocycles. The molecule has 26 heavy (non-hydrogen) atoms. The summed E-state index contributed by atoms with van der Waals surface area (Å²) >= 11 is 0. The molecular weight excluding hydrogens is 338 g/mol. The van der Waals surface area contributed by atoms with Crippen LogP contribution < -0.4 is 19.5 Å². The Morgan fingerprint density at radius 2 is 2.12 bits per heavy atom. The van der Waals surface area contributed by atoms with Crippen LogP contribution in [0.25, 0.3) is 5.69 Å². The predicted molar refractivity (Wildman–Crippen MR) is 90.4 cm³/mol. The van der Waals surface area contributed by atoms with E-state index in [1.807, 2.05) is 6.07 Å². The molecule has 0 spiro atoms. The van der Waals surface area contributed by atoms with Gasteiger partial charge in [0, 0.05) is 11.8 Å². The van der Waals surface area contributed by atoms with Crippen molar-refractivity contribution >= 4 is 11.6 Å². The molecule has 0 radical (unpaired) electrons. The van der Waals surface area contributed by atoms with Crippen LogP contribution in [0.1, 0.15) is 6.92 Å². The van der Waals surface area contributed by atoms with E-state index in [-0.39, 0.29) is 12.7 Å². The fraction of sp³-hybridized carbons (Fsp3) is 0.176. The summed E-state index contributed by atoms with van der Waals surface area (Å²) in [6.45, 7) is 1.86. The van der Waals surface area contributed by atoms with Crippen molar-refractivity contribution in [3.63, 3.8) is 0 Å². The van der Waals surface area contributed by atoms with Gasteiger partial charge in [-0.2, -0.15) is 0 Å². The lowest BCUT2D eigenvalue weighted by Gasteiger charge is -2.15. The van der Waals surface area contributed by atoms with Crippen LogP contribution in [-0.2, 0) is 4.79 Å². The maximum absolute atomic E-state index is 12.4. The van der Waals surface area contributed by atoms with Crippen molar-refractivity contribution in [1.29, 1.82) is 0 Å². The third-order valence-electron chi connectivity index (χ3n) is 3.75. The standard InChI is InChI=1S/C17H15N5O4/c1-11(26-14-5-6-15-16(8-14)25-10-24-15)17(23)19-12-3-2-4-13(7-12)22-9-18-20-21-22/h2-9,11H,10H2,1H3,(H,19,23). The number of amides is 1. The molecule has 0 fully saturated rings. The first kappa shape index (κ1) is 15.9. The molecule has 2 aromatic carbocycles. The molecule has 0 aliphatic carbocycles. The molecule has 132 valence electrons. The van der Waals surface area contributed by atoms with E-state index in [0.29, 0.717) is 22.9 Å². The Hall–Kier alpha value is -3.62. The number of hydrogen-bond donors (Lipinski definition) is 1. The largest absolute Gasteiger partial charge is 0.481 e. The highest BCUT2D eigenvalue weighted by Crippen LogP contribution is 2.35. The van der Waals surface area contributed by atoms with E-state index < -0.39 is 6.10 Å². The van der Waals surface area contributed by atoms with Crippen LogP contribution in [0.2, 0.25) is 0 Å². The molecule has 2 heterocycles. The van der Waals surface area contributed by atoms with E-state index in [1.165, 1.54) is 11.0 Å². The number of aromatic nitrogens is 4. The predicted octanol–water partition coefficient (Wildman–Crippen LogP) is 1.80. The lowest BCUT2D eigenvalue weighted by atomic mass is 10.2. The Bertz CT molecular complexity index is 929. The molecular formula is C17H15N5O4. The van der Waals surface area contributed by atoms with Crippen molar-refractivity contribution in [2.75, 3.05) is 12.1 Å². The molecule has 4 rings (SSSR count). The van der Waals surface area contributed by atoms with Crippen molar-refractivity contribution in [3.05, 3.63) is 48.8 Å². The van der Waals surface area contributed by atoms with Gasteiger partial charge in [-0.25, -0.2) is 4.68 Å². The zero-order chi connectivity index (χ0) is 17.9. The van der Waals surface area contributed by atoms with Crippen molar-refractivity contribution in [1.82, 2.24) is 20.2 Å². The van der Waals surface area contributed by atoms with Gasteiger partial charge in [-0.05, 0) is 47.7 Å². The quantitative estimate of drug-likeness (QED) is 0.746. The van der Waals surface area contributed by atoms with Gasteiger partial charge in [0.15, 0.2) is 17.6 Å².